The molecule has 90 valence electrons. The third-order valence-corrected chi connectivity index (χ3v) is 3.41. The van der Waals surface area contributed by atoms with E-state index in [9.17, 15) is 10.1 Å². The molecule has 0 aliphatic heterocycles. The summed E-state index contributed by atoms with van der Waals surface area (Å²) in [5, 5.41) is 19.8. The molecule has 0 fully saturated rings. The number of aromatic nitrogens is 2. The van der Waals surface area contributed by atoms with Gasteiger partial charge in [0.25, 0.3) is 0 Å². The molecule has 17 heavy (non-hydrogen) atoms. The Labute approximate surface area is 102 Å². The third-order valence-electron chi connectivity index (χ3n) is 2.39. The second-order valence-electron chi connectivity index (χ2n) is 3.67. The zero-order chi connectivity index (χ0) is 12.4. The van der Waals surface area contributed by atoms with E-state index < -0.39 is 4.92 Å². The van der Waals surface area contributed by atoms with Crippen LogP contribution in [0.3, 0.4) is 0 Å². The smallest absolute Gasteiger partial charge is 0.330 e. The Morgan fingerprint density at radius 1 is 1.65 bits per heavy atom. The fraction of sp³-hybridized carbons (Fsp3) is 0.300. The van der Waals surface area contributed by atoms with Gasteiger partial charge >= 0.3 is 5.69 Å². The monoisotopic (exact) mass is 252 g/mol. The molecule has 7 heteroatoms. The summed E-state index contributed by atoms with van der Waals surface area (Å²) in [7, 11) is 1.66. The second kappa shape index (κ2) is 4.54. The van der Waals surface area contributed by atoms with Gasteiger partial charge in [-0.05, 0) is 23.9 Å². The van der Waals surface area contributed by atoms with Crippen LogP contribution in [0.2, 0.25) is 0 Å². The quantitative estimate of drug-likeness (QED) is 0.669. The molecule has 0 bridgehead atoms. The first kappa shape index (κ1) is 11.6. The van der Waals surface area contributed by atoms with E-state index >= 15 is 0 Å². The summed E-state index contributed by atoms with van der Waals surface area (Å²) in [6.45, 7) is 2.57. The molecule has 2 aromatic rings. The van der Waals surface area contributed by atoms with Crippen molar-refractivity contribution >= 4 is 22.8 Å². The number of aryl methyl sites for hydroxylation is 2. The fourth-order valence-corrected chi connectivity index (χ4v) is 2.33. The molecule has 0 radical (unpaired) electrons. The van der Waals surface area contributed by atoms with Crippen molar-refractivity contribution in [1.82, 2.24) is 9.78 Å². The molecule has 0 aromatic carbocycles. The number of hydrogen-bond acceptors (Lipinski definition) is 5. The fourth-order valence-electron chi connectivity index (χ4n) is 1.48. The van der Waals surface area contributed by atoms with E-state index in [1.807, 2.05) is 18.4 Å². The number of rotatable bonds is 4. The van der Waals surface area contributed by atoms with Gasteiger partial charge in [-0.3, -0.25) is 14.8 Å². The van der Waals surface area contributed by atoms with E-state index in [-0.39, 0.29) is 5.69 Å². The van der Waals surface area contributed by atoms with Crippen molar-refractivity contribution in [1.29, 1.82) is 0 Å². The average molecular weight is 252 g/mol. The molecular weight excluding hydrogens is 240 g/mol. The molecule has 0 saturated carbocycles. The first-order valence-corrected chi connectivity index (χ1v) is 5.91. The van der Waals surface area contributed by atoms with Crippen LogP contribution < -0.4 is 5.32 Å². The highest BCUT2D eigenvalue weighted by molar-refractivity contribution is 7.10. The Balaban J connectivity index is 2.14. The molecule has 0 saturated heterocycles. The molecule has 0 spiro atoms. The Morgan fingerprint density at radius 2 is 2.41 bits per heavy atom. The van der Waals surface area contributed by atoms with Crippen LogP contribution in [0.15, 0.2) is 17.6 Å². The molecule has 0 unspecified atom stereocenters. The molecule has 6 nitrogen and oxygen atoms in total. The standard InChI is InChI=1S/C10H12N4O2S/c1-7-3-4-17-9(7)5-11-10-8(14(15)16)6-13(2)12-10/h3-4,6H,5H2,1-2H3,(H,11,12). The summed E-state index contributed by atoms with van der Waals surface area (Å²) in [5.41, 5.74) is 1.18. The van der Waals surface area contributed by atoms with E-state index in [1.165, 1.54) is 16.4 Å². The van der Waals surface area contributed by atoms with Crippen molar-refractivity contribution in [3.05, 3.63) is 38.2 Å². The highest BCUT2D eigenvalue weighted by atomic mass is 32.1. The lowest BCUT2D eigenvalue weighted by molar-refractivity contribution is -0.384. The summed E-state index contributed by atoms with van der Waals surface area (Å²) < 4.78 is 1.43. The van der Waals surface area contributed by atoms with Gasteiger partial charge in [0.05, 0.1) is 11.5 Å². The van der Waals surface area contributed by atoms with E-state index in [4.69, 9.17) is 0 Å². The topological polar surface area (TPSA) is 73.0 Å². The first-order chi connectivity index (χ1) is 8.08. The number of nitrogens with zero attached hydrogens (tertiary/aromatic N) is 3. The predicted molar refractivity (Wildman–Crippen MR) is 66.2 cm³/mol. The van der Waals surface area contributed by atoms with Gasteiger partial charge in [-0.25, -0.2) is 0 Å². The lowest BCUT2D eigenvalue weighted by atomic mass is 10.3. The van der Waals surface area contributed by atoms with Crippen LogP contribution in [0, 0.1) is 17.0 Å². The predicted octanol–water partition coefficient (Wildman–Crippen LogP) is 2.31. The number of anilines is 1. The molecular formula is C10H12N4O2S. The van der Waals surface area contributed by atoms with Crippen molar-refractivity contribution in [3.63, 3.8) is 0 Å². The van der Waals surface area contributed by atoms with Gasteiger partial charge in [0, 0.05) is 11.9 Å². The number of thiophene rings is 1. The van der Waals surface area contributed by atoms with E-state index in [0.717, 1.165) is 4.88 Å². The minimum absolute atomic E-state index is 0.00158. The van der Waals surface area contributed by atoms with Crippen LogP contribution in [0.1, 0.15) is 10.4 Å². The Hall–Kier alpha value is -1.89. The van der Waals surface area contributed by atoms with Crippen molar-refractivity contribution in [2.24, 2.45) is 7.05 Å². The number of nitrogens with one attached hydrogen (secondary N) is 1. The van der Waals surface area contributed by atoms with E-state index in [2.05, 4.69) is 10.4 Å². The summed E-state index contributed by atoms with van der Waals surface area (Å²) in [6.07, 6.45) is 1.39. The van der Waals surface area contributed by atoms with Crippen LogP contribution in [0.5, 0.6) is 0 Å². The zero-order valence-electron chi connectivity index (χ0n) is 9.51. The molecule has 0 amide bonds. The van der Waals surface area contributed by atoms with E-state index in [0.29, 0.717) is 12.4 Å². The number of nitro groups is 1. The van der Waals surface area contributed by atoms with Crippen molar-refractivity contribution < 1.29 is 4.92 Å². The Bertz CT molecular complexity index is 546. The maximum Gasteiger partial charge on any atom is 0.330 e. The van der Waals surface area contributed by atoms with Crippen molar-refractivity contribution in [2.75, 3.05) is 5.32 Å². The van der Waals surface area contributed by atoms with Crippen molar-refractivity contribution in [3.8, 4) is 0 Å². The molecule has 0 aliphatic carbocycles. The zero-order valence-corrected chi connectivity index (χ0v) is 10.3. The van der Waals surface area contributed by atoms with Crippen LogP contribution in [0.4, 0.5) is 11.5 Å². The average Bonchev–Trinajstić information content (AvgIpc) is 2.82. The Kier molecular flexibility index (Phi) is 3.10. The third kappa shape index (κ3) is 2.44. The normalized spacial score (nSPS) is 10.5. The van der Waals surface area contributed by atoms with Gasteiger partial charge in [0.15, 0.2) is 0 Å². The van der Waals surface area contributed by atoms with Crippen LogP contribution >= 0.6 is 11.3 Å². The summed E-state index contributed by atoms with van der Waals surface area (Å²) in [5.74, 6) is 0.310. The Morgan fingerprint density at radius 3 is 3.00 bits per heavy atom. The largest absolute Gasteiger partial charge is 0.358 e. The van der Waals surface area contributed by atoms with Crippen LogP contribution in [0.25, 0.3) is 0 Å². The van der Waals surface area contributed by atoms with Gasteiger partial charge < -0.3 is 5.32 Å². The molecule has 1 N–H and O–H groups in total. The van der Waals surface area contributed by atoms with Crippen LogP contribution in [-0.4, -0.2) is 14.7 Å². The lowest BCUT2D eigenvalue weighted by Gasteiger charge is -2.01. The molecule has 0 aliphatic rings. The molecule has 2 aromatic heterocycles. The van der Waals surface area contributed by atoms with E-state index in [1.54, 1.807) is 18.4 Å². The maximum atomic E-state index is 10.8. The first-order valence-electron chi connectivity index (χ1n) is 5.03. The SMILES string of the molecule is Cc1ccsc1CNc1nn(C)cc1[N+](=O)[O-]. The molecule has 2 rings (SSSR count). The minimum atomic E-state index is -0.434. The highest BCUT2D eigenvalue weighted by Crippen LogP contribution is 2.23. The molecule has 2 heterocycles. The van der Waals surface area contributed by atoms with Gasteiger partial charge in [-0.15, -0.1) is 16.4 Å². The summed E-state index contributed by atoms with van der Waals surface area (Å²) >= 11 is 1.62. The van der Waals surface area contributed by atoms with Crippen LogP contribution in [-0.2, 0) is 13.6 Å². The molecule has 0 atom stereocenters. The second-order valence-corrected chi connectivity index (χ2v) is 4.67. The van der Waals surface area contributed by atoms with Gasteiger partial charge in [0.2, 0.25) is 5.82 Å². The minimum Gasteiger partial charge on any atom is -0.358 e. The number of hydrogen-bond donors (Lipinski definition) is 1. The summed E-state index contributed by atoms with van der Waals surface area (Å²) in [6, 6.07) is 2.02. The lowest BCUT2D eigenvalue weighted by Crippen LogP contribution is -2.02. The van der Waals surface area contributed by atoms with Crippen molar-refractivity contribution in [2.45, 2.75) is 13.5 Å². The van der Waals surface area contributed by atoms with Gasteiger partial charge in [0.1, 0.15) is 6.20 Å². The highest BCUT2D eigenvalue weighted by Gasteiger charge is 2.18. The van der Waals surface area contributed by atoms with Gasteiger partial charge in [-0.2, -0.15) is 0 Å². The summed E-state index contributed by atoms with van der Waals surface area (Å²) in [4.78, 5) is 11.5. The van der Waals surface area contributed by atoms with Gasteiger partial charge in [-0.1, -0.05) is 0 Å². The maximum absolute atomic E-state index is 10.8.